The van der Waals surface area contributed by atoms with E-state index in [-0.39, 0.29) is 6.92 Å². The van der Waals surface area contributed by atoms with Crippen molar-refractivity contribution in [2.75, 3.05) is 6.67 Å². The van der Waals surface area contributed by atoms with Gasteiger partial charge in [0.2, 0.25) is 6.10 Å². The molecule has 0 rings (SSSR count). The van der Waals surface area contributed by atoms with E-state index in [1.165, 1.54) is 0 Å². The van der Waals surface area contributed by atoms with Gasteiger partial charge < -0.3 is 4.74 Å². The molecule has 0 aromatic heterocycles. The molecular weight excluding hydrogens is 195 g/mol. The molecule has 0 N–H and O–H groups in total. The van der Waals surface area contributed by atoms with Crippen LogP contribution in [0.2, 0.25) is 0 Å². The summed E-state index contributed by atoms with van der Waals surface area (Å²) in [7, 11) is 0. The van der Waals surface area contributed by atoms with Crippen molar-refractivity contribution in [1.82, 2.24) is 0 Å². The maximum atomic E-state index is 12.5. The highest BCUT2D eigenvalue weighted by Crippen LogP contribution is 2.33. The van der Waals surface area contributed by atoms with Crippen LogP contribution in [0.15, 0.2) is 12.8 Å². The van der Waals surface area contributed by atoms with Crippen molar-refractivity contribution in [3.05, 3.63) is 12.8 Å². The second-order valence-electron chi connectivity index (χ2n) is 2.53. The largest absolute Gasteiger partial charge is 0.486 e. The van der Waals surface area contributed by atoms with Gasteiger partial charge in [-0.1, -0.05) is 6.58 Å². The van der Waals surface area contributed by atoms with Crippen molar-refractivity contribution in [3.8, 4) is 0 Å². The molecule has 0 spiro atoms. The number of halogens is 5. The summed E-state index contributed by atoms with van der Waals surface area (Å²) in [5.41, 5.74) is 0. The number of ether oxygens (including phenoxy) is 1. The molecule has 0 aliphatic carbocycles. The minimum Gasteiger partial charge on any atom is -0.486 e. The van der Waals surface area contributed by atoms with E-state index in [0.29, 0.717) is 6.26 Å². The van der Waals surface area contributed by atoms with E-state index < -0.39 is 24.6 Å². The Morgan fingerprint density at radius 3 is 2.08 bits per heavy atom. The molecule has 1 atom stereocenters. The van der Waals surface area contributed by atoms with Gasteiger partial charge in [0.05, 0.1) is 6.26 Å². The average molecular weight is 204 g/mol. The molecule has 13 heavy (non-hydrogen) atoms. The van der Waals surface area contributed by atoms with E-state index in [1.807, 2.05) is 0 Å². The smallest absolute Gasteiger partial charge is 0.317 e. The van der Waals surface area contributed by atoms with E-state index in [2.05, 4.69) is 11.3 Å². The molecule has 0 amide bonds. The van der Waals surface area contributed by atoms with Gasteiger partial charge in [0.25, 0.3) is 5.92 Å². The summed E-state index contributed by atoms with van der Waals surface area (Å²) in [6.07, 6.45) is -2.38. The lowest BCUT2D eigenvalue weighted by atomic mass is 10.1. The van der Waals surface area contributed by atoms with Crippen molar-refractivity contribution in [1.29, 1.82) is 0 Å². The van der Waals surface area contributed by atoms with Crippen molar-refractivity contribution in [3.63, 3.8) is 0 Å². The van der Waals surface area contributed by atoms with Crippen molar-refractivity contribution >= 4 is 0 Å². The third-order valence-electron chi connectivity index (χ3n) is 1.25. The SMILES string of the molecule is C=COC(C(C)(F)F)C(F)(F)CF. The normalized spacial score (nSPS) is 15.2. The summed E-state index contributed by atoms with van der Waals surface area (Å²) in [6, 6.07) is 0. The molecule has 0 aliphatic rings. The van der Waals surface area contributed by atoms with Crippen LogP contribution in [0.4, 0.5) is 22.0 Å². The highest BCUT2D eigenvalue weighted by molar-refractivity contribution is 4.88. The third kappa shape index (κ3) is 3.20. The highest BCUT2D eigenvalue weighted by Gasteiger charge is 2.54. The number of rotatable bonds is 5. The Morgan fingerprint density at radius 1 is 1.38 bits per heavy atom. The fraction of sp³-hybridized carbons (Fsp3) is 0.714. The van der Waals surface area contributed by atoms with Gasteiger partial charge in [-0.2, -0.15) is 8.78 Å². The Balaban J connectivity index is 4.70. The average Bonchev–Trinajstić information content (AvgIpc) is 1.98. The quantitative estimate of drug-likeness (QED) is 0.494. The van der Waals surface area contributed by atoms with Gasteiger partial charge >= 0.3 is 5.92 Å². The first-order chi connectivity index (χ1) is 5.75. The second-order valence-corrected chi connectivity index (χ2v) is 2.53. The van der Waals surface area contributed by atoms with Crippen molar-refractivity contribution < 1.29 is 26.7 Å². The lowest BCUT2D eigenvalue weighted by Gasteiger charge is -2.28. The summed E-state index contributed by atoms with van der Waals surface area (Å²) >= 11 is 0. The van der Waals surface area contributed by atoms with Gasteiger partial charge in [-0.15, -0.1) is 0 Å². The van der Waals surface area contributed by atoms with Gasteiger partial charge in [0.1, 0.15) is 0 Å². The molecule has 78 valence electrons. The molecular formula is C7H9F5O. The summed E-state index contributed by atoms with van der Waals surface area (Å²) in [5, 5.41) is 0. The van der Waals surface area contributed by atoms with Gasteiger partial charge in [-0.3, -0.25) is 0 Å². The Hall–Kier alpha value is -0.810. The first-order valence-corrected chi connectivity index (χ1v) is 3.33. The fourth-order valence-corrected chi connectivity index (χ4v) is 0.756. The van der Waals surface area contributed by atoms with Crippen LogP contribution < -0.4 is 0 Å². The Kier molecular flexibility index (Phi) is 3.69. The molecule has 6 heteroatoms. The zero-order chi connectivity index (χ0) is 10.7. The molecule has 0 heterocycles. The van der Waals surface area contributed by atoms with Gasteiger partial charge in [0.15, 0.2) is 6.67 Å². The molecule has 1 unspecified atom stereocenters. The number of hydrogen-bond donors (Lipinski definition) is 0. The highest BCUT2D eigenvalue weighted by atomic mass is 19.3. The lowest BCUT2D eigenvalue weighted by molar-refractivity contribution is -0.212. The molecule has 0 aromatic rings. The predicted molar refractivity (Wildman–Crippen MR) is 36.6 cm³/mol. The predicted octanol–water partition coefficient (Wildman–Crippen LogP) is 2.78. The van der Waals surface area contributed by atoms with E-state index in [0.717, 1.165) is 0 Å². The minimum atomic E-state index is -4.22. The summed E-state index contributed by atoms with van der Waals surface area (Å²) in [5.74, 6) is -8.05. The summed E-state index contributed by atoms with van der Waals surface area (Å²) < 4.78 is 65.4. The molecule has 1 nitrogen and oxygen atoms in total. The minimum absolute atomic E-state index is 0.227. The topological polar surface area (TPSA) is 9.23 Å². The van der Waals surface area contributed by atoms with Crippen LogP contribution in [0.1, 0.15) is 6.92 Å². The Labute approximate surface area is 72.2 Å². The molecule has 0 saturated carbocycles. The summed E-state index contributed by atoms with van der Waals surface area (Å²) in [6.45, 7) is 0.878. The first-order valence-electron chi connectivity index (χ1n) is 3.33. The van der Waals surface area contributed by atoms with Crippen LogP contribution in [0.5, 0.6) is 0 Å². The van der Waals surface area contributed by atoms with Crippen molar-refractivity contribution in [2.24, 2.45) is 0 Å². The molecule has 0 radical (unpaired) electrons. The maximum absolute atomic E-state index is 12.5. The maximum Gasteiger partial charge on any atom is 0.317 e. The van der Waals surface area contributed by atoms with E-state index in [1.54, 1.807) is 0 Å². The van der Waals surface area contributed by atoms with E-state index in [9.17, 15) is 22.0 Å². The lowest BCUT2D eigenvalue weighted by Crippen LogP contribution is -2.48. The molecule has 0 aromatic carbocycles. The van der Waals surface area contributed by atoms with Crippen LogP contribution in [0.25, 0.3) is 0 Å². The number of alkyl halides is 5. The summed E-state index contributed by atoms with van der Waals surface area (Å²) in [4.78, 5) is 0. The van der Waals surface area contributed by atoms with Crippen LogP contribution >= 0.6 is 0 Å². The molecule has 0 fully saturated rings. The Morgan fingerprint density at radius 2 is 1.85 bits per heavy atom. The second kappa shape index (κ2) is 3.93. The van der Waals surface area contributed by atoms with Gasteiger partial charge in [0, 0.05) is 6.92 Å². The van der Waals surface area contributed by atoms with Crippen LogP contribution in [-0.2, 0) is 4.74 Å². The molecule has 0 bridgehead atoms. The zero-order valence-corrected chi connectivity index (χ0v) is 6.87. The van der Waals surface area contributed by atoms with Crippen LogP contribution in [0.3, 0.4) is 0 Å². The Bertz CT molecular complexity index is 174. The zero-order valence-electron chi connectivity index (χ0n) is 6.87. The van der Waals surface area contributed by atoms with Gasteiger partial charge in [-0.05, 0) is 0 Å². The van der Waals surface area contributed by atoms with Crippen LogP contribution in [0, 0.1) is 0 Å². The fourth-order valence-electron chi connectivity index (χ4n) is 0.756. The van der Waals surface area contributed by atoms with Gasteiger partial charge in [-0.25, -0.2) is 13.2 Å². The molecule has 0 saturated heterocycles. The van der Waals surface area contributed by atoms with E-state index >= 15 is 0 Å². The first kappa shape index (κ1) is 12.2. The third-order valence-corrected chi connectivity index (χ3v) is 1.25. The van der Waals surface area contributed by atoms with E-state index in [4.69, 9.17) is 0 Å². The monoisotopic (exact) mass is 204 g/mol. The molecule has 0 aliphatic heterocycles. The van der Waals surface area contributed by atoms with Crippen LogP contribution in [-0.4, -0.2) is 24.6 Å². The standard InChI is InChI=1S/C7H9F5O/c1-3-13-5(6(2,9)10)7(11,12)4-8/h3,5H,1,4H2,2H3. The number of hydrogen-bond acceptors (Lipinski definition) is 1. The van der Waals surface area contributed by atoms with Crippen molar-refractivity contribution in [2.45, 2.75) is 24.9 Å².